The maximum absolute atomic E-state index is 11.7. The standard InChI is InChI=1S/C10H8BrNOS2/c11-9-8(3-5-15-9)10(13)12-6-7-2-1-4-14-7/h1-5H,6H2,(H,12,13). The van der Waals surface area contributed by atoms with Gasteiger partial charge in [0.05, 0.1) is 15.9 Å². The maximum Gasteiger partial charge on any atom is 0.253 e. The van der Waals surface area contributed by atoms with Gasteiger partial charge in [0.25, 0.3) is 5.91 Å². The SMILES string of the molecule is O=C(NCc1cccs1)c1ccsc1Br. The minimum atomic E-state index is -0.0310. The van der Waals surface area contributed by atoms with Crippen LogP contribution in [0.25, 0.3) is 0 Å². The van der Waals surface area contributed by atoms with Crippen molar-refractivity contribution in [1.29, 1.82) is 0 Å². The smallest absolute Gasteiger partial charge is 0.253 e. The number of thiophene rings is 2. The van der Waals surface area contributed by atoms with Crippen molar-refractivity contribution >= 4 is 44.5 Å². The molecular weight excluding hydrogens is 294 g/mol. The van der Waals surface area contributed by atoms with Crippen LogP contribution in [0.2, 0.25) is 0 Å². The van der Waals surface area contributed by atoms with Crippen LogP contribution < -0.4 is 5.32 Å². The monoisotopic (exact) mass is 301 g/mol. The minimum absolute atomic E-state index is 0.0310. The number of rotatable bonds is 3. The van der Waals surface area contributed by atoms with Crippen molar-refractivity contribution in [2.45, 2.75) is 6.54 Å². The molecule has 0 atom stereocenters. The van der Waals surface area contributed by atoms with Gasteiger partial charge in [0.15, 0.2) is 0 Å². The Morgan fingerprint density at radius 3 is 2.80 bits per heavy atom. The van der Waals surface area contributed by atoms with Crippen molar-refractivity contribution in [2.24, 2.45) is 0 Å². The second-order valence-corrected chi connectivity index (χ2v) is 6.14. The van der Waals surface area contributed by atoms with E-state index in [9.17, 15) is 4.79 Å². The molecule has 2 aromatic rings. The van der Waals surface area contributed by atoms with Gasteiger partial charge in [-0.1, -0.05) is 6.07 Å². The average molecular weight is 302 g/mol. The summed E-state index contributed by atoms with van der Waals surface area (Å²) in [4.78, 5) is 12.9. The van der Waals surface area contributed by atoms with E-state index in [0.29, 0.717) is 12.1 Å². The van der Waals surface area contributed by atoms with E-state index in [-0.39, 0.29) is 5.91 Å². The molecule has 2 heterocycles. The lowest BCUT2D eigenvalue weighted by Gasteiger charge is -2.01. The van der Waals surface area contributed by atoms with E-state index in [2.05, 4.69) is 21.2 Å². The first-order valence-corrected chi connectivity index (χ1v) is 6.86. The summed E-state index contributed by atoms with van der Waals surface area (Å²) in [6, 6.07) is 5.80. The third-order valence-corrected chi connectivity index (χ3v) is 4.43. The highest BCUT2D eigenvalue weighted by Gasteiger charge is 2.10. The molecule has 0 saturated carbocycles. The van der Waals surface area contributed by atoms with Crippen molar-refractivity contribution in [3.8, 4) is 0 Å². The fourth-order valence-electron chi connectivity index (χ4n) is 1.13. The third-order valence-electron chi connectivity index (χ3n) is 1.87. The Labute approximate surface area is 104 Å². The van der Waals surface area contributed by atoms with Crippen LogP contribution in [0, 0.1) is 0 Å². The van der Waals surface area contributed by atoms with Crippen molar-refractivity contribution < 1.29 is 4.79 Å². The summed E-state index contributed by atoms with van der Waals surface area (Å²) >= 11 is 6.50. The van der Waals surface area contributed by atoms with Gasteiger partial charge in [-0.2, -0.15) is 0 Å². The van der Waals surface area contributed by atoms with E-state index in [1.54, 1.807) is 11.3 Å². The van der Waals surface area contributed by atoms with Crippen LogP contribution >= 0.6 is 38.6 Å². The third kappa shape index (κ3) is 2.68. The van der Waals surface area contributed by atoms with E-state index in [1.165, 1.54) is 11.3 Å². The van der Waals surface area contributed by atoms with Crippen LogP contribution in [0.15, 0.2) is 32.7 Å². The molecule has 0 unspecified atom stereocenters. The molecule has 78 valence electrons. The summed E-state index contributed by atoms with van der Waals surface area (Å²) < 4.78 is 0.881. The molecule has 1 amide bonds. The average Bonchev–Trinajstić information content (AvgIpc) is 2.84. The summed E-state index contributed by atoms with van der Waals surface area (Å²) in [5, 5.41) is 6.77. The second kappa shape index (κ2) is 4.92. The summed E-state index contributed by atoms with van der Waals surface area (Å²) in [5.74, 6) is -0.0310. The Morgan fingerprint density at radius 2 is 2.20 bits per heavy atom. The molecule has 0 bridgehead atoms. The largest absolute Gasteiger partial charge is 0.347 e. The molecule has 0 saturated heterocycles. The van der Waals surface area contributed by atoms with Gasteiger partial charge in [0, 0.05) is 4.88 Å². The number of amides is 1. The number of nitrogens with one attached hydrogen (secondary N) is 1. The summed E-state index contributed by atoms with van der Waals surface area (Å²) in [5.41, 5.74) is 0.705. The van der Waals surface area contributed by atoms with E-state index in [0.717, 1.165) is 8.66 Å². The first-order valence-electron chi connectivity index (χ1n) is 4.31. The van der Waals surface area contributed by atoms with Crippen LogP contribution in [0.4, 0.5) is 0 Å². The van der Waals surface area contributed by atoms with E-state index in [4.69, 9.17) is 0 Å². The highest BCUT2D eigenvalue weighted by atomic mass is 79.9. The molecule has 0 aliphatic heterocycles. The molecule has 0 radical (unpaired) electrons. The number of hydrogen-bond acceptors (Lipinski definition) is 3. The highest BCUT2D eigenvalue weighted by molar-refractivity contribution is 9.11. The fraction of sp³-hybridized carbons (Fsp3) is 0.100. The zero-order valence-corrected chi connectivity index (χ0v) is 10.9. The fourth-order valence-corrected chi connectivity index (χ4v) is 3.02. The first-order chi connectivity index (χ1) is 7.27. The molecule has 0 aliphatic carbocycles. The Bertz CT molecular complexity index is 450. The molecule has 0 fully saturated rings. The Morgan fingerprint density at radius 1 is 1.33 bits per heavy atom. The molecule has 5 heteroatoms. The number of carbonyl (C=O) groups excluding carboxylic acids is 1. The van der Waals surface area contributed by atoms with Gasteiger partial charge >= 0.3 is 0 Å². The topological polar surface area (TPSA) is 29.1 Å². The summed E-state index contributed by atoms with van der Waals surface area (Å²) in [7, 11) is 0. The van der Waals surface area contributed by atoms with Crippen molar-refractivity contribution in [3.63, 3.8) is 0 Å². The van der Waals surface area contributed by atoms with E-state index < -0.39 is 0 Å². The van der Waals surface area contributed by atoms with Gasteiger partial charge < -0.3 is 5.32 Å². The van der Waals surface area contributed by atoms with Crippen LogP contribution in [-0.4, -0.2) is 5.91 Å². The number of carbonyl (C=O) groups is 1. The van der Waals surface area contributed by atoms with Crippen molar-refractivity contribution in [3.05, 3.63) is 43.2 Å². The lowest BCUT2D eigenvalue weighted by molar-refractivity contribution is 0.0951. The van der Waals surface area contributed by atoms with Gasteiger partial charge in [-0.25, -0.2) is 0 Å². The van der Waals surface area contributed by atoms with E-state index >= 15 is 0 Å². The minimum Gasteiger partial charge on any atom is -0.347 e. The van der Waals surface area contributed by atoms with Gasteiger partial charge in [-0.15, -0.1) is 22.7 Å². The first kappa shape index (κ1) is 10.9. The van der Waals surface area contributed by atoms with Gasteiger partial charge in [-0.05, 0) is 38.8 Å². The molecule has 2 rings (SSSR count). The van der Waals surface area contributed by atoms with E-state index in [1.807, 2.05) is 29.0 Å². The molecule has 0 spiro atoms. The van der Waals surface area contributed by atoms with Crippen LogP contribution in [-0.2, 0) is 6.54 Å². The summed E-state index contributed by atoms with van der Waals surface area (Å²) in [6.45, 7) is 0.596. The highest BCUT2D eigenvalue weighted by Crippen LogP contribution is 2.23. The molecular formula is C10H8BrNOS2. The van der Waals surface area contributed by atoms with Crippen LogP contribution in [0.3, 0.4) is 0 Å². The molecule has 0 aliphatic rings. The van der Waals surface area contributed by atoms with Gasteiger partial charge in [-0.3, -0.25) is 4.79 Å². The molecule has 2 nitrogen and oxygen atoms in total. The quantitative estimate of drug-likeness (QED) is 0.923. The molecule has 0 aromatic carbocycles. The van der Waals surface area contributed by atoms with Crippen LogP contribution in [0.5, 0.6) is 0 Å². The number of halogens is 1. The Balaban J connectivity index is 1.96. The maximum atomic E-state index is 11.7. The normalized spacial score (nSPS) is 10.2. The Kier molecular flexibility index (Phi) is 3.56. The predicted octanol–water partition coefficient (Wildman–Crippen LogP) is 3.50. The zero-order valence-electron chi connectivity index (χ0n) is 7.70. The lowest BCUT2D eigenvalue weighted by atomic mass is 10.3. The van der Waals surface area contributed by atoms with Gasteiger partial charge in [0.1, 0.15) is 0 Å². The molecule has 15 heavy (non-hydrogen) atoms. The van der Waals surface area contributed by atoms with Crippen molar-refractivity contribution in [1.82, 2.24) is 5.32 Å². The predicted molar refractivity (Wildman–Crippen MR) is 67.5 cm³/mol. The number of hydrogen-bond donors (Lipinski definition) is 1. The zero-order chi connectivity index (χ0) is 10.7. The van der Waals surface area contributed by atoms with Crippen molar-refractivity contribution in [2.75, 3.05) is 0 Å². The lowest BCUT2D eigenvalue weighted by Crippen LogP contribution is -2.21. The Hall–Kier alpha value is -0.650. The summed E-state index contributed by atoms with van der Waals surface area (Å²) in [6.07, 6.45) is 0. The van der Waals surface area contributed by atoms with Crippen LogP contribution in [0.1, 0.15) is 15.2 Å². The second-order valence-electron chi connectivity index (χ2n) is 2.87. The molecule has 2 aromatic heterocycles. The van der Waals surface area contributed by atoms with Gasteiger partial charge in [0.2, 0.25) is 0 Å². The molecule has 1 N–H and O–H groups in total.